The molecular formula is C20H21N3O4. The highest BCUT2D eigenvalue weighted by molar-refractivity contribution is 6.04. The number of hydrogen-bond acceptors (Lipinski definition) is 4. The van der Waals surface area contributed by atoms with E-state index in [0.29, 0.717) is 17.7 Å². The van der Waals surface area contributed by atoms with Crippen LogP contribution >= 0.6 is 0 Å². The van der Waals surface area contributed by atoms with E-state index in [-0.39, 0.29) is 22.8 Å². The Morgan fingerprint density at radius 2 is 1.89 bits per heavy atom. The van der Waals surface area contributed by atoms with Crippen LogP contribution in [-0.2, 0) is 4.79 Å². The van der Waals surface area contributed by atoms with Crippen molar-refractivity contribution in [3.63, 3.8) is 0 Å². The van der Waals surface area contributed by atoms with Crippen molar-refractivity contribution in [2.24, 2.45) is 5.92 Å². The summed E-state index contributed by atoms with van der Waals surface area (Å²) in [6.45, 7) is 1.86. The number of anilines is 1. The molecule has 0 aliphatic heterocycles. The highest BCUT2D eigenvalue weighted by Gasteiger charge is 2.54. The SMILES string of the molecule is CC(c1cccc(NC(=O)c2ccccc2)c1)N(C)C(=O)C1CC1[N+](=O)[O-]. The fourth-order valence-corrected chi connectivity index (χ4v) is 3.03. The molecule has 0 saturated heterocycles. The van der Waals surface area contributed by atoms with Gasteiger partial charge in [0.15, 0.2) is 0 Å². The van der Waals surface area contributed by atoms with Gasteiger partial charge in [-0.05, 0) is 36.8 Å². The van der Waals surface area contributed by atoms with Gasteiger partial charge in [0, 0.05) is 29.6 Å². The summed E-state index contributed by atoms with van der Waals surface area (Å²) in [5.74, 6) is -0.965. The molecule has 140 valence electrons. The van der Waals surface area contributed by atoms with Gasteiger partial charge in [-0.3, -0.25) is 19.7 Å². The molecule has 0 radical (unpaired) electrons. The van der Waals surface area contributed by atoms with Gasteiger partial charge in [-0.25, -0.2) is 0 Å². The molecule has 27 heavy (non-hydrogen) atoms. The minimum atomic E-state index is -0.761. The van der Waals surface area contributed by atoms with E-state index in [1.807, 2.05) is 31.2 Å². The van der Waals surface area contributed by atoms with Gasteiger partial charge in [-0.1, -0.05) is 30.3 Å². The summed E-state index contributed by atoms with van der Waals surface area (Å²) >= 11 is 0. The van der Waals surface area contributed by atoms with Gasteiger partial charge in [0.25, 0.3) is 5.91 Å². The summed E-state index contributed by atoms with van der Waals surface area (Å²) < 4.78 is 0. The summed E-state index contributed by atoms with van der Waals surface area (Å²) in [5.41, 5.74) is 2.03. The predicted molar refractivity (Wildman–Crippen MR) is 101 cm³/mol. The topological polar surface area (TPSA) is 92.6 Å². The number of carbonyl (C=O) groups is 2. The third-order valence-electron chi connectivity index (χ3n) is 4.94. The van der Waals surface area contributed by atoms with E-state index in [9.17, 15) is 19.7 Å². The second-order valence-corrected chi connectivity index (χ2v) is 6.77. The third kappa shape index (κ3) is 4.13. The summed E-state index contributed by atoms with van der Waals surface area (Å²) in [4.78, 5) is 36.7. The van der Waals surface area contributed by atoms with Crippen LogP contribution in [0.2, 0.25) is 0 Å². The molecule has 3 rings (SSSR count). The van der Waals surface area contributed by atoms with Crippen molar-refractivity contribution in [1.82, 2.24) is 4.90 Å². The number of nitrogens with one attached hydrogen (secondary N) is 1. The van der Waals surface area contributed by atoms with Gasteiger partial charge >= 0.3 is 0 Å². The number of nitrogens with zero attached hydrogens (tertiary/aromatic N) is 2. The number of benzene rings is 2. The number of rotatable bonds is 6. The van der Waals surface area contributed by atoms with Gasteiger partial charge < -0.3 is 10.2 Å². The highest BCUT2D eigenvalue weighted by atomic mass is 16.6. The van der Waals surface area contributed by atoms with E-state index in [1.165, 1.54) is 4.90 Å². The molecule has 1 saturated carbocycles. The highest BCUT2D eigenvalue weighted by Crippen LogP contribution is 2.36. The smallest absolute Gasteiger partial charge is 0.255 e. The Morgan fingerprint density at radius 1 is 1.19 bits per heavy atom. The molecule has 1 N–H and O–H groups in total. The van der Waals surface area contributed by atoms with Crippen LogP contribution in [0, 0.1) is 16.0 Å². The second kappa shape index (κ2) is 7.57. The van der Waals surface area contributed by atoms with Crippen molar-refractivity contribution in [2.45, 2.75) is 25.4 Å². The molecule has 1 fully saturated rings. The van der Waals surface area contributed by atoms with Crippen molar-refractivity contribution in [2.75, 3.05) is 12.4 Å². The summed E-state index contributed by atoms with van der Waals surface area (Å²) in [7, 11) is 1.65. The predicted octanol–water partition coefficient (Wildman–Crippen LogP) is 3.12. The van der Waals surface area contributed by atoms with Crippen LogP contribution in [-0.4, -0.2) is 34.7 Å². The Hall–Kier alpha value is -3.22. The van der Waals surface area contributed by atoms with Crippen LogP contribution in [0.15, 0.2) is 54.6 Å². The van der Waals surface area contributed by atoms with Crippen LogP contribution in [0.25, 0.3) is 0 Å². The van der Waals surface area contributed by atoms with Crippen LogP contribution in [0.4, 0.5) is 5.69 Å². The monoisotopic (exact) mass is 367 g/mol. The molecule has 3 unspecified atom stereocenters. The van der Waals surface area contributed by atoms with E-state index in [0.717, 1.165) is 5.56 Å². The Balaban J connectivity index is 1.68. The zero-order valence-electron chi connectivity index (χ0n) is 15.2. The van der Waals surface area contributed by atoms with Gasteiger partial charge in [0.05, 0.1) is 6.04 Å². The molecule has 1 aliphatic carbocycles. The average Bonchev–Trinajstić information content (AvgIpc) is 3.48. The van der Waals surface area contributed by atoms with Crippen molar-refractivity contribution in [3.05, 3.63) is 75.8 Å². The van der Waals surface area contributed by atoms with Crippen molar-refractivity contribution >= 4 is 17.5 Å². The quantitative estimate of drug-likeness (QED) is 0.627. The lowest BCUT2D eigenvalue weighted by molar-refractivity contribution is -0.497. The van der Waals surface area contributed by atoms with E-state index in [4.69, 9.17) is 0 Å². The van der Waals surface area contributed by atoms with Gasteiger partial charge in [0.1, 0.15) is 5.92 Å². The normalized spacial score (nSPS) is 19.0. The molecule has 2 aromatic rings. The number of amides is 2. The molecule has 3 atom stereocenters. The lowest BCUT2D eigenvalue weighted by Crippen LogP contribution is -2.32. The zero-order valence-corrected chi connectivity index (χ0v) is 15.2. The number of nitro groups is 1. The second-order valence-electron chi connectivity index (χ2n) is 6.77. The van der Waals surface area contributed by atoms with E-state index in [1.54, 1.807) is 37.4 Å². The molecule has 2 amide bonds. The summed E-state index contributed by atoms with van der Waals surface area (Å²) in [6.07, 6.45) is 0.302. The van der Waals surface area contributed by atoms with Crippen LogP contribution in [0.3, 0.4) is 0 Å². The first-order valence-electron chi connectivity index (χ1n) is 8.75. The van der Waals surface area contributed by atoms with Crippen LogP contribution < -0.4 is 5.32 Å². The Bertz CT molecular complexity index is 869. The zero-order chi connectivity index (χ0) is 19.6. The molecule has 2 aromatic carbocycles. The van der Waals surface area contributed by atoms with Crippen LogP contribution in [0.5, 0.6) is 0 Å². The molecule has 7 nitrogen and oxygen atoms in total. The minimum Gasteiger partial charge on any atom is -0.339 e. The molecular weight excluding hydrogens is 346 g/mol. The van der Waals surface area contributed by atoms with E-state index >= 15 is 0 Å². The molecule has 0 heterocycles. The van der Waals surface area contributed by atoms with Gasteiger partial charge in [0.2, 0.25) is 11.9 Å². The van der Waals surface area contributed by atoms with Crippen molar-refractivity contribution in [1.29, 1.82) is 0 Å². The van der Waals surface area contributed by atoms with E-state index in [2.05, 4.69) is 5.32 Å². The maximum absolute atomic E-state index is 12.4. The maximum atomic E-state index is 12.4. The minimum absolute atomic E-state index is 0.211. The Labute approximate surface area is 157 Å². The fraction of sp³-hybridized carbons (Fsp3) is 0.300. The van der Waals surface area contributed by atoms with Crippen LogP contribution in [0.1, 0.15) is 35.3 Å². The molecule has 0 bridgehead atoms. The number of hydrogen-bond donors (Lipinski definition) is 1. The first-order valence-corrected chi connectivity index (χ1v) is 8.75. The third-order valence-corrected chi connectivity index (χ3v) is 4.94. The average molecular weight is 367 g/mol. The molecule has 0 spiro atoms. The lowest BCUT2D eigenvalue weighted by atomic mass is 10.1. The molecule has 1 aliphatic rings. The lowest BCUT2D eigenvalue weighted by Gasteiger charge is -2.25. The van der Waals surface area contributed by atoms with Gasteiger partial charge in [-0.2, -0.15) is 0 Å². The van der Waals surface area contributed by atoms with E-state index < -0.39 is 12.0 Å². The van der Waals surface area contributed by atoms with Crippen molar-refractivity contribution in [3.8, 4) is 0 Å². The largest absolute Gasteiger partial charge is 0.339 e. The number of carbonyl (C=O) groups excluding carboxylic acids is 2. The Kier molecular flexibility index (Phi) is 5.21. The molecule has 7 heteroatoms. The van der Waals surface area contributed by atoms with Gasteiger partial charge in [-0.15, -0.1) is 0 Å². The summed E-state index contributed by atoms with van der Waals surface area (Å²) in [5, 5.41) is 13.6. The first kappa shape index (κ1) is 18.6. The van der Waals surface area contributed by atoms with Crippen molar-refractivity contribution < 1.29 is 14.5 Å². The molecule has 0 aromatic heterocycles. The maximum Gasteiger partial charge on any atom is 0.255 e. The Morgan fingerprint density at radius 3 is 2.52 bits per heavy atom. The standard InChI is InChI=1S/C20H21N3O4/c1-13(22(2)20(25)17-12-18(17)23(26)27)15-9-6-10-16(11-15)21-19(24)14-7-4-3-5-8-14/h3-11,13,17-18H,12H2,1-2H3,(H,21,24). The summed E-state index contributed by atoms with van der Waals surface area (Å²) in [6, 6.07) is 15.1. The first-order chi connectivity index (χ1) is 12.9. The fourth-order valence-electron chi connectivity index (χ4n) is 3.03.